The molecule has 0 N–H and O–H groups in total. The van der Waals surface area contributed by atoms with E-state index in [0.29, 0.717) is 23.7 Å². The summed E-state index contributed by atoms with van der Waals surface area (Å²) in [5.74, 6) is 0.0715. The van der Waals surface area contributed by atoms with Crippen molar-refractivity contribution in [3.05, 3.63) is 66.4 Å². The van der Waals surface area contributed by atoms with Crippen LogP contribution in [0.4, 0.5) is 17.2 Å². The minimum Gasteiger partial charge on any atom is -0.306 e. The van der Waals surface area contributed by atoms with E-state index in [2.05, 4.69) is 9.97 Å². The number of fused-ring (bicyclic) bond motifs is 2. The maximum Gasteiger partial charge on any atom is 0.263 e. The summed E-state index contributed by atoms with van der Waals surface area (Å²) in [7, 11) is 0. The minimum absolute atomic E-state index is 0.227. The second-order valence-corrected chi connectivity index (χ2v) is 7.73. The molecule has 0 unspecified atom stereocenters. The molecule has 0 bridgehead atoms. The fraction of sp³-hybridized carbons (Fsp3) is 0.217. The molecule has 2 aromatic carbocycles. The molecule has 30 heavy (non-hydrogen) atoms. The van der Waals surface area contributed by atoms with Crippen LogP contribution in [0.5, 0.6) is 0 Å². The molecule has 7 heteroatoms. The molecule has 0 fully saturated rings. The van der Waals surface area contributed by atoms with Crippen molar-refractivity contribution >= 4 is 40.6 Å². The first kappa shape index (κ1) is 20.0. The molecule has 1 aromatic heterocycles. The second kappa shape index (κ2) is 8.24. The average Bonchev–Trinajstić information content (AvgIpc) is 2.87. The van der Waals surface area contributed by atoms with Crippen LogP contribution in [-0.2, 0) is 4.79 Å². The van der Waals surface area contributed by atoms with Crippen molar-refractivity contribution in [1.82, 2.24) is 9.97 Å². The standard InChI is InChI=1S/C23H21ClN4O2/c1-15(2)14-27-18-10-6-7-11-19(18)28(20(29)12-24)22-17(23(27)30)13-25-21(26-22)16-8-4-3-5-9-16/h3-11,13,15H,12,14H2,1-2H3. The van der Waals surface area contributed by atoms with Gasteiger partial charge >= 0.3 is 0 Å². The number of aromatic nitrogens is 2. The Balaban J connectivity index is 1.98. The Kier molecular flexibility index (Phi) is 5.50. The fourth-order valence-electron chi connectivity index (χ4n) is 3.53. The van der Waals surface area contributed by atoms with Gasteiger partial charge in [0.2, 0.25) is 5.91 Å². The van der Waals surface area contributed by atoms with Crippen molar-refractivity contribution in [3.63, 3.8) is 0 Å². The zero-order valence-corrected chi connectivity index (χ0v) is 17.5. The molecule has 3 aromatic rings. The van der Waals surface area contributed by atoms with E-state index < -0.39 is 0 Å². The Bertz CT molecular complexity index is 1100. The summed E-state index contributed by atoms with van der Waals surface area (Å²) in [6, 6.07) is 16.8. The monoisotopic (exact) mass is 420 g/mol. The van der Waals surface area contributed by atoms with Gasteiger partial charge in [-0.2, -0.15) is 0 Å². The van der Waals surface area contributed by atoms with Crippen LogP contribution in [0.25, 0.3) is 11.4 Å². The summed E-state index contributed by atoms with van der Waals surface area (Å²) in [4.78, 5) is 38.6. The molecule has 0 spiro atoms. The van der Waals surface area contributed by atoms with E-state index in [9.17, 15) is 9.59 Å². The van der Waals surface area contributed by atoms with Crippen molar-refractivity contribution in [2.75, 3.05) is 22.2 Å². The number of carbonyl (C=O) groups is 2. The lowest BCUT2D eigenvalue weighted by Crippen LogP contribution is -2.33. The smallest absolute Gasteiger partial charge is 0.263 e. The van der Waals surface area contributed by atoms with Crippen molar-refractivity contribution in [3.8, 4) is 11.4 Å². The number of hydrogen-bond donors (Lipinski definition) is 0. The maximum atomic E-state index is 13.5. The zero-order chi connectivity index (χ0) is 21.3. The molecule has 1 aliphatic rings. The predicted octanol–water partition coefficient (Wildman–Crippen LogP) is 4.66. The predicted molar refractivity (Wildman–Crippen MR) is 118 cm³/mol. The molecule has 4 rings (SSSR count). The summed E-state index contributed by atoms with van der Waals surface area (Å²) in [5, 5.41) is 0. The van der Waals surface area contributed by atoms with Crippen LogP contribution < -0.4 is 9.80 Å². The van der Waals surface area contributed by atoms with Gasteiger partial charge in [-0.1, -0.05) is 56.3 Å². The highest BCUT2D eigenvalue weighted by atomic mass is 35.5. The number of alkyl halides is 1. The van der Waals surface area contributed by atoms with Gasteiger partial charge in [0.15, 0.2) is 11.6 Å². The third-order valence-corrected chi connectivity index (χ3v) is 5.04. The molecule has 0 atom stereocenters. The van der Waals surface area contributed by atoms with Crippen molar-refractivity contribution in [2.24, 2.45) is 5.92 Å². The van der Waals surface area contributed by atoms with Crippen LogP contribution in [0.2, 0.25) is 0 Å². The van der Waals surface area contributed by atoms with E-state index in [0.717, 1.165) is 5.56 Å². The first-order valence-electron chi connectivity index (χ1n) is 9.73. The first-order valence-corrected chi connectivity index (χ1v) is 10.3. The molecular weight excluding hydrogens is 400 g/mol. The van der Waals surface area contributed by atoms with Crippen LogP contribution in [0.3, 0.4) is 0 Å². The van der Waals surface area contributed by atoms with Gasteiger partial charge in [-0.25, -0.2) is 9.97 Å². The number of nitrogens with zero attached hydrogens (tertiary/aromatic N) is 4. The van der Waals surface area contributed by atoms with Crippen LogP contribution in [0.15, 0.2) is 60.8 Å². The molecule has 6 nitrogen and oxygen atoms in total. The third-order valence-electron chi connectivity index (χ3n) is 4.81. The molecule has 0 saturated heterocycles. The highest BCUT2D eigenvalue weighted by Gasteiger charge is 2.35. The Labute approximate surface area is 180 Å². The fourth-order valence-corrected chi connectivity index (χ4v) is 3.65. The van der Waals surface area contributed by atoms with Gasteiger partial charge in [0.05, 0.1) is 11.4 Å². The van der Waals surface area contributed by atoms with Crippen molar-refractivity contribution in [1.29, 1.82) is 0 Å². The van der Waals surface area contributed by atoms with E-state index in [4.69, 9.17) is 11.6 Å². The van der Waals surface area contributed by atoms with Crippen LogP contribution in [0.1, 0.15) is 24.2 Å². The number of amides is 2. The highest BCUT2D eigenvalue weighted by molar-refractivity contribution is 6.31. The third kappa shape index (κ3) is 3.55. The first-order chi connectivity index (χ1) is 14.5. The molecule has 1 aliphatic heterocycles. The normalized spacial score (nSPS) is 13.1. The summed E-state index contributed by atoms with van der Waals surface area (Å²) >= 11 is 5.95. The second-order valence-electron chi connectivity index (χ2n) is 7.46. The van der Waals surface area contributed by atoms with Gasteiger partial charge in [0, 0.05) is 18.3 Å². The zero-order valence-electron chi connectivity index (χ0n) is 16.7. The van der Waals surface area contributed by atoms with Crippen LogP contribution >= 0.6 is 11.6 Å². The summed E-state index contributed by atoms with van der Waals surface area (Å²) in [6.45, 7) is 4.58. The lowest BCUT2D eigenvalue weighted by molar-refractivity contribution is -0.115. The van der Waals surface area contributed by atoms with Gasteiger partial charge < -0.3 is 4.90 Å². The largest absolute Gasteiger partial charge is 0.306 e. The van der Waals surface area contributed by atoms with Crippen LogP contribution in [0, 0.1) is 5.92 Å². The number of anilines is 3. The quantitative estimate of drug-likeness (QED) is 0.575. The number of halogens is 1. The van der Waals surface area contributed by atoms with E-state index in [1.165, 1.54) is 11.1 Å². The number of rotatable bonds is 4. The summed E-state index contributed by atoms with van der Waals surface area (Å²) < 4.78 is 0. The van der Waals surface area contributed by atoms with E-state index in [1.54, 1.807) is 11.0 Å². The molecule has 0 radical (unpaired) electrons. The molecule has 0 aliphatic carbocycles. The maximum absolute atomic E-state index is 13.5. The topological polar surface area (TPSA) is 66.4 Å². The van der Waals surface area contributed by atoms with Gasteiger partial charge in [-0.05, 0) is 18.1 Å². The molecule has 152 valence electrons. The minimum atomic E-state index is -0.359. The van der Waals surface area contributed by atoms with Crippen molar-refractivity contribution < 1.29 is 9.59 Å². The van der Waals surface area contributed by atoms with Gasteiger partial charge in [0.25, 0.3) is 5.91 Å². The van der Waals surface area contributed by atoms with Gasteiger partial charge in [0.1, 0.15) is 11.4 Å². The number of benzene rings is 2. The van der Waals surface area contributed by atoms with Crippen LogP contribution in [-0.4, -0.2) is 34.2 Å². The number of carbonyl (C=O) groups excluding carboxylic acids is 2. The summed E-state index contributed by atoms with van der Waals surface area (Å²) in [5.41, 5.74) is 2.29. The van der Waals surface area contributed by atoms with Gasteiger partial charge in [-0.15, -0.1) is 11.6 Å². The van der Waals surface area contributed by atoms with E-state index in [-0.39, 0.29) is 35.0 Å². The molecule has 0 saturated carbocycles. The molecule has 2 amide bonds. The van der Waals surface area contributed by atoms with E-state index >= 15 is 0 Å². The Morgan fingerprint density at radius 1 is 1.03 bits per heavy atom. The summed E-state index contributed by atoms with van der Waals surface area (Å²) in [6.07, 6.45) is 1.50. The number of hydrogen-bond acceptors (Lipinski definition) is 4. The molecule has 2 heterocycles. The highest BCUT2D eigenvalue weighted by Crippen LogP contribution is 2.40. The average molecular weight is 421 g/mol. The van der Waals surface area contributed by atoms with E-state index in [1.807, 2.05) is 62.4 Å². The SMILES string of the molecule is CC(C)CN1C(=O)c2cnc(-c3ccccc3)nc2N(C(=O)CCl)c2ccccc21. The number of para-hydroxylation sites is 2. The van der Waals surface area contributed by atoms with Gasteiger partial charge in [-0.3, -0.25) is 14.5 Å². The lowest BCUT2D eigenvalue weighted by Gasteiger charge is -2.26. The Morgan fingerprint density at radius 3 is 2.37 bits per heavy atom. The Morgan fingerprint density at radius 2 is 1.70 bits per heavy atom. The van der Waals surface area contributed by atoms with Crippen molar-refractivity contribution in [2.45, 2.75) is 13.8 Å². The molecular formula is C23H21ClN4O2. The lowest BCUT2D eigenvalue weighted by atomic mass is 10.1. The Hall–Kier alpha value is -3.25.